The second kappa shape index (κ2) is 3.14. The molecular formula is C8H10N2O. The molecule has 1 aromatic heterocycles. The molecule has 1 rings (SSSR count). The molecule has 0 aliphatic rings. The van der Waals surface area contributed by atoms with Crippen molar-refractivity contribution in [2.75, 3.05) is 0 Å². The summed E-state index contributed by atoms with van der Waals surface area (Å²) in [4.78, 5) is 17.5. The van der Waals surface area contributed by atoms with Gasteiger partial charge in [-0.3, -0.25) is 4.79 Å². The van der Waals surface area contributed by atoms with E-state index in [1.807, 2.05) is 6.92 Å². The first-order chi connectivity index (χ1) is 5.18. The van der Waals surface area contributed by atoms with Crippen LogP contribution >= 0.6 is 0 Å². The monoisotopic (exact) mass is 150 g/mol. The van der Waals surface area contributed by atoms with Gasteiger partial charge < -0.3 is 4.98 Å². The fraction of sp³-hybridized carbons (Fsp3) is 0.250. The summed E-state index contributed by atoms with van der Waals surface area (Å²) in [5, 5.41) is 0. The lowest BCUT2D eigenvalue weighted by Gasteiger charge is -1.81. The Morgan fingerprint density at radius 1 is 1.73 bits per heavy atom. The molecule has 0 unspecified atom stereocenters. The summed E-state index contributed by atoms with van der Waals surface area (Å²) in [6.45, 7) is 3.38. The third kappa shape index (κ3) is 2.37. The molecule has 0 amide bonds. The van der Waals surface area contributed by atoms with Crippen LogP contribution in [-0.2, 0) is 4.79 Å². The average molecular weight is 150 g/mol. The number of nitrogens with zero attached hydrogens (tertiary/aromatic N) is 1. The number of carbonyl (C=O) groups excluding carboxylic acids is 1. The van der Waals surface area contributed by atoms with E-state index in [1.54, 1.807) is 12.3 Å². The summed E-state index contributed by atoms with van der Waals surface area (Å²) in [5.41, 5.74) is 0.859. The Bertz CT molecular complexity index is 286. The zero-order valence-corrected chi connectivity index (χ0v) is 6.59. The molecule has 1 heterocycles. The van der Waals surface area contributed by atoms with Gasteiger partial charge in [-0.05, 0) is 26.0 Å². The van der Waals surface area contributed by atoms with Gasteiger partial charge in [0.15, 0.2) is 5.78 Å². The third-order valence-corrected chi connectivity index (χ3v) is 1.22. The van der Waals surface area contributed by atoms with Crippen LogP contribution in [0.25, 0.3) is 6.08 Å². The Hall–Kier alpha value is -1.38. The maximum absolute atomic E-state index is 10.5. The number of imidazole rings is 1. The van der Waals surface area contributed by atoms with Gasteiger partial charge in [0, 0.05) is 0 Å². The van der Waals surface area contributed by atoms with Crippen LogP contribution in [-0.4, -0.2) is 15.8 Å². The number of H-pyrrole nitrogens is 1. The number of aromatic amines is 1. The molecule has 1 N–H and O–H groups in total. The molecule has 0 radical (unpaired) electrons. The van der Waals surface area contributed by atoms with E-state index in [2.05, 4.69) is 9.97 Å². The first-order valence-corrected chi connectivity index (χ1v) is 3.39. The molecule has 3 nitrogen and oxygen atoms in total. The molecule has 0 aromatic carbocycles. The van der Waals surface area contributed by atoms with E-state index in [1.165, 1.54) is 13.0 Å². The predicted molar refractivity (Wildman–Crippen MR) is 43.0 cm³/mol. The van der Waals surface area contributed by atoms with Crippen molar-refractivity contribution in [1.29, 1.82) is 0 Å². The minimum atomic E-state index is 0.0391. The van der Waals surface area contributed by atoms with E-state index in [0.29, 0.717) is 0 Å². The highest BCUT2D eigenvalue weighted by Gasteiger charge is 1.90. The summed E-state index contributed by atoms with van der Waals surface area (Å²) in [5.74, 6) is 0.894. The summed E-state index contributed by atoms with van der Waals surface area (Å²) in [6.07, 6.45) is 4.91. The quantitative estimate of drug-likeness (QED) is 0.646. The molecule has 0 bridgehead atoms. The topological polar surface area (TPSA) is 45.8 Å². The number of rotatable bonds is 2. The van der Waals surface area contributed by atoms with Gasteiger partial charge in [-0.2, -0.15) is 0 Å². The summed E-state index contributed by atoms with van der Waals surface area (Å²) >= 11 is 0. The van der Waals surface area contributed by atoms with E-state index < -0.39 is 0 Å². The van der Waals surface area contributed by atoms with Crippen LogP contribution < -0.4 is 0 Å². The van der Waals surface area contributed by atoms with Crippen molar-refractivity contribution in [3.05, 3.63) is 23.8 Å². The number of ketones is 1. The molecule has 3 heteroatoms. The number of carbonyl (C=O) groups is 1. The maximum Gasteiger partial charge on any atom is 0.152 e. The second-order valence-corrected chi connectivity index (χ2v) is 2.37. The predicted octanol–water partition coefficient (Wildman–Crippen LogP) is 1.32. The van der Waals surface area contributed by atoms with E-state index in [9.17, 15) is 4.79 Å². The summed E-state index contributed by atoms with van der Waals surface area (Å²) in [6, 6.07) is 0. The van der Waals surface area contributed by atoms with Crippen molar-refractivity contribution < 1.29 is 4.79 Å². The van der Waals surface area contributed by atoms with Gasteiger partial charge in [0.05, 0.1) is 11.9 Å². The van der Waals surface area contributed by atoms with Crippen LogP contribution in [0, 0.1) is 6.92 Å². The number of hydrogen-bond acceptors (Lipinski definition) is 2. The van der Waals surface area contributed by atoms with Crippen LogP contribution in [0.4, 0.5) is 0 Å². The molecule has 1 aromatic rings. The van der Waals surface area contributed by atoms with E-state index in [-0.39, 0.29) is 5.78 Å². The molecule has 0 saturated heterocycles. The highest BCUT2D eigenvalue weighted by molar-refractivity contribution is 5.91. The SMILES string of the molecule is CC(=O)/C=C/c1cnc(C)[nH]1. The average Bonchev–Trinajstić information content (AvgIpc) is 2.31. The molecule has 0 atom stereocenters. The Kier molecular flexibility index (Phi) is 2.21. The number of aromatic nitrogens is 2. The third-order valence-electron chi connectivity index (χ3n) is 1.22. The highest BCUT2D eigenvalue weighted by atomic mass is 16.1. The maximum atomic E-state index is 10.5. The van der Waals surface area contributed by atoms with Crippen molar-refractivity contribution in [3.63, 3.8) is 0 Å². The number of aryl methyl sites for hydroxylation is 1. The van der Waals surface area contributed by atoms with Crippen LogP contribution in [0.3, 0.4) is 0 Å². The molecule has 0 fully saturated rings. The van der Waals surface area contributed by atoms with Gasteiger partial charge >= 0.3 is 0 Å². The van der Waals surface area contributed by atoms with Crippen LogP contribution in [0.15, 0.2) is 12.3 Å². The van der Waals surface area contributed by atoms with Gasteiger partial charge in [-0.15, -0.1) is 0 Å². The standard InChI is InChI=1S/C8H10N2O/c1-6(11)3-4-8-5-9-7(2)10-8/h3-5H,1-2H3,(H,9,10)/b4-3+. The fourth-order valence-electron chi connectivity index (χ4n) is 0.732. The number of allylic oxidation sites excluding steroid dienone is 1. The van der Waals surface area contributed by atoms with Crippen molar-refractivity contribution in [2.45, 2.75) is 13.8 Å². The van der Waals surface area contributed by atoms with Gasteiger partial charge in [0.25, 0.3) is 0 Å². The second-order valence-electron chi connectivity index (χ2n) is 2.37. The summed E-state index contributed by atoms with van der Waals surface area (Å²) < 4.78 is 0. The lowest BCUT2D eigenvalue weighted by molar-refractivity contribution is -0.112. The molecule has 0 aliphatic carbocycles. The minimum Gasteiger partial charge on any atom is -0.343 e. The van der Waals surface area contributed by atoms with Crippen molar-refractivity contribution in [3.8, 4) is 0 Å². The molecule has 11 heavy (non-hydrogen) atoms. The first-order valence-electron chi connectivity index (χ1n) is 3.39. The van der Waals surface area contributed by atoms with Crippen molar-refractivity contribution in [2.24, 2.45) is 0 Å². The largest absolute Gasteiger partial charge is 0.343 e. The van der Waals surface area contributed by atoms with Gasteiger partial charge in [-0.25, -0.2) is 4.98 Å². The van der Waals surface area contributed by atoms with E-state index >= 15 is 0 Å². The van der Waals surface area contributed by atoms with E-state index in [0.717, 1.165) is 11.5 Å². The van der Waals surface area contributed by atoms with Crippen molar-refractivity contribution in [1.82, 2.24) is 9.97 Å². The zero-order valence-electron chi connectivity index (χ0n) is 6.59. The Morgan fingerprint density at radius 3 is 2.91 bits per heavy atom. The van der Waals surface area contributed by atoms with Crippen LogP contribution in [0.5, 0.6) is 0 Å². The Labute approximate surface area is 65.2 Å². The molecule has 0 aliphatic heterocycles. The normalized spacial score (nSPS) is 10.7. The van der Waals surface area contributed by atoms with Gasteiger partial charge in [0.1, 0.15) is 5.82 Å². The summed E-state index contributed by atoms with van der Waals surface area (Å²) in [7, 11) is 0. The molecule has 0 saturated carbocycles. The Morgan fingerprint density at radius 2 is 2.45 bits per heavy atom. The Balaban J connectivity index is 2.71. The zero-order chi connectivity index (χ0) is 8.27. The molecular weight excluding hydrogens is 140 g/mol. The fourth-order valence-corrected chi connectivity index (χ4v) is 0.732. The van der Waals surface area contributed by atoms with E-state index in [4.69, 9.17) is 0 Å². The molecule has 0 spiro atoms. The molecule has 58 valence electrons. The number of nitrogens with one attached hydrogen (secondary N) is 1. The smallest absolute Gasteiger partial charge is 0.152 e. The van der Waals surface area contributed by atoms with Gasteiger partial charge in [0.2, 0.25) is 0 Å². The van der Waals surface area contributed by atoms with Crippen LogP contribution in [0.1, 0.15) is 18.4 Å². The minimum absolute atomic E-state index is 0.0391. The van der Waals surface area contributed by atoms with Crippen molar-refractivity contribution >= 4 is 11.9 Å². The number of hydrogen-bond donors (Lipinski definition) is 1. The van der Waals surface area contributed by atoms with Crippen LogP contribution in [0.2, 0.25) is 0 Å². The lowest BCUT2D eigenvalue weighted by atomic mass is 10.3. The van der Waals surface area contributed by atoms with Gasteiger partial charge in [-0.1, -0.05) is 0 Å². The highest BCUT2D eigenvalue weighted by Crippen LogP contribution is 1.97. The lowest BCUT2D eigenvalue weighted by Crippen LogP contribution is -1.79. The first kappa shape index (κ1) is 7.72.